The third-order valence-corrected chi connectivity index (χ3v) is 5.71. The summed E-state index contributed by atoms with van der Waals surface area (Å²) >= 11 is 0. The molecule has 0 atom stereocenters. The summed E-state index contributed by atoms with van der Waals surface area (Å²) in [4.78, 5) is 3.51. The van der Waals surface area contributed by atoms with Gasteiger partial charge in [-0.2, -0.15) is 18.3 Å². The summed E-state index contributed by atoms with van der Waals surface area (Å²) in [6.45, 7) is 0. The Morgan fingerprint density at radius 1 is 1.00 bits per heavy atom. The molecular formula is C19H12F4N4O2S. The minimum atomic E-state index is -4.69. The first-order valence-electron chi connectivity index (χ1n) is 8.44. The third kappa shape index (κ3) is 3.59. The Balaban J connectivity index is 1.87. The lowest BCUT2D eigenvalue weighted by Crippen LogP contribution is -2.17. The highest BCUT2D eigenvalue weighted by atomic mass is 32.2. The second-order valence-corrected chi connectivity index (χ2v) is 7.88. The van der Waals surface area contributed by atoms with Gasteiger partial charge < -0.3 is 0 Å². The van der Waals surface area contributed by atoms with Crippen LogP contribution in [-0.2, 0) is 16.2 Å². The molecule has 11 heteroatoms. The highest BCUT2D eigenvalue weighted by Crippen LogP contribution is 2.34. The van der Waals surface area contributed by atoms with Gasteiger partial charge in [-0.3, -0.25) is 9.71 Å². The highest BCUT2D eigenvalue weighted by molar-refractivity contribution is 7.93. The van der Waals surface area contributed by atoms with Gasteiger partial charge in [0.2, 0.25) is 0 Å². The molecular weight excluding hydrogens is 424 g/mol. The van der Waals surface area contributed by atoms with Crippen LogP contribution in [0.2, 0.25) is 0 Å². The number of benzene rings is 2. The predicted molar refractivity (Wildman–Crippen MR) is 101 cm³/mol. The fourth-order valence-corrected chi connectivity index (χ4v) is 4.22. The van der Waals surface area contributed by atoms with Crippen molar-refractivity contribution in [3.63, 3.8) is 0 Å². The molecule has 2 aromatic carbocycles. The molecule has 4 aromatic rings. The summed E-state index contributed by atoms with van der Waals surface area (Å²) in [5, 5.41) is 3.94. The molecule has 30 heavy (non-hydrogen) atoms. The van der Waals surface area contributed by atoms with E-state index in [1.54, 1.807) is 0 Å². The number of hydrogen-bond donors (Lipinski definition) is 1. The Labute approximate surface area is 167 Å². The monoisotopic (exact) mass is 436 g/mol. The van der Waals surface area contributed by atoms with E-state index in [2.05, 4.69) is 14.8 Å². The largest absolute Gasteiger partial charge is 0.416 e. The molecule has 0 spiro atoms. The van der Waals surface area contributed by atoms with Crippen molar-refractivity contribution in [1.29, 1.82) is 0 Å². The number of aromatic nitrogens is 3. The second-order valence-electron chi connectivity index (χ2n) is 6.23. The molecule has 0 aliphatic heterocycles. The molecule has 0 unspecified atom stereocenters. The molecule has 2 aromatic heterocycles. The van der Waals surface area contributed by atoms with Crippen LogP contribution < -0.4 is 4.72 Å². The average molecular weight is 436 g/mol. The second kappa shape index (κ2) is 7.10. The lowest BCUT2D eigenvalue weighted by atomic mass is 10.1. The van der Waals surface area contributed by atoms with E-state index in [-0.39, 0.29) is 27.2 Å². The number of hydrogen-bond acceptors (Lipinski definition) is 4. The van der Waals surface area contributed by atoms with E-state index >= 15 is 0 Å². The Morgan fingerprint density at radius 2 is 1.80 bits per heavy atom. The van der Waals surface area contributed by atoms with E-state index in [1.165, 1.54) is 41.5 Å². The molecule has 154 valence electrons. The van der Waals surface area contributed by atoms with Gasteiger partial charge in [0, 0.05) is 24.0 Å². The first-order chi connectivity index (χ1) is 14.2. The number of halogens is 4. The third-order valence-electron chi connectivity index (χ3n) is 4.29. The minimum absolute atomic E-state index is 0.00221. The zero-order chi connectivity index (χ0) is 21.5. The van der Waals surface area contributed by atoms with Crippen LogP contribution in [0.3, 0.4) is 0 Å². The zero-order valence-electron chi connectivity index (χ0n) is 14.9. The molecule has 1 N–H and O–H groups in total. The molecule has 6 nitrogen and oxygen atoms in total. The number of fused-ring (bicyclic) bond motifs is 1. The van der Waals surface area contributed by atoms with Crippen molar-refractivity contribution in [3.8, 4) is 5.69 Å². The highest BCUT2D eigenvalue weighted by Gasteiger charge is 2.32. The number of nitrogens with one attached hydrogen (secondary N) is 1. The Bertz CT molecular complexity index is 1340. The maximum absolute atomic E-state index is 14.0. The van der Waals surface area contributed by atoms with Gasteiger partial charge in [-0.15, -0.1) is 0 Å². The standard InChI is InChI=1S/C19H12F4N4O2S/c20-14-5-7-17(13-3-1-8-24-18(13)14)30(28,29)26-15-11-12(19(21,22)23)4-6-16(15)27-10-2-9-25-27/h1-11,26H. The number of sulfonamides is 1. The molecule has 0 amide bonds. The van der Waals surface area contributed by atoms with Crippen LogP contribution in [-0.4, -0.2) is 23.2 Å². The quantitative estimate of drug-likeness (QED) is 0.482. The molecule has 4 rings (SSSR count). The lowest BCUT2D eigenvalue weighted by Gasteiger charge is -2.16. The van der Waals surface area contributed by atoms with Crippen LogP contribution in [0.25, 0.3) is 16.6 Å². The van der Waals surface area contributed by atoms with Crippen LogP contribution in [0, 0.1) is 5.82 Å². The van der Waals surface area contributed by atoms with Gasteiger partial charge in [0.1, 0.15) is 11.3 Å². The normalized spacial score (nSPS) is 12.3. The van der Waals surface area contributed by atoms with Gasteiger partial charge in [0.25, 0.3) is 10.0 Å². The molecule has 0 fully saturated rings. The van der Waals surface area contributed by atoms with E-state index in [0.717, 1.165) is 24.3 Å². The fourth-order valence-electron chi connectivity index (χ4n) is 2.95. The lowest BCUT2D eigenvalue weighted by molar-refractivity contribution is -0.137. The smallest absolute Gasteiger partial charge is 0.277 e. The van der Waals surface area contributed by atoms with E-state index in [4.69, 9.17) is 0 Å². The van der Waals surface area contributed by atoms with Gasteiger partial charge in [0.15, 0.2) is 0 Å². The van der Waals surface area contributed by atoms with Gasteiger partial charge in [-0.05, 0) is 48.5 Å². The molecule has 0 aliphatic carbocycles. The Hall–Kier alpha value is -3.47. The molecule has 0 aliphatic rings. The SMILES string of the molecule is O=S(=O)(Nc1cc(C(F)(F)F)ccc1-n1cccn1)c1ccc(F)c2ncccc12. The van der Waals surface area contributed by atoms with Crippen molar-refractivity contribution in [2.45, 2.75) is 11.1 Å². The minimum Gasteiger partial charge on any atom is -0.277 e. The summed E-state index contributed by atoms with van der Waals surface area (Å²) in [5.41, 5.74) is -1.46. The van der Waals surface area contributed by atoms with E-state index in [1.807, 2.05) is 0 Å². The van der Waals surface area contributed by atoms with Crippen molar-refractivity contribution in [2.75, 3.05) is 4.72 Å². The maximum Gasteiger partial charge on any atom is 0.416 e. The van der Waals surface area contributed by atoms with Crippen molar-refractivity contribution in [2.24, 2.45) is 0 Å². The van der Waals surface area contributed by atoms with Crippen LogP contribution in [0.15, 0.2) is 72.0 Å². The average Bonchev–Trinajstić information content (AvgIpc) is 3.22. The van der Waals surface area contributed by atoms with Crippen LogP contribution in [0.4, 0.5) is 23.2 Å². The van der Waals surface area contributed by atoms with E-state index in [9.17, 15) is 26.0 Å². The number of rotatable bonds is 4. The number of pyridine rings is 1. The topological polar surface area (TPSA) is 76.9 Å². The molecule has 0 saturated carbocycles. The first kappa shape index (κ1) is 19.8. The van der Waals surface area contributed by atoms with E-state index in [0.29, 0.717) is 6.07 Å². The fraction of sp³-hybridized carbons (Fsp3) is 0.0526. The van der Waals surface area contributed by atoms with E-state index < -0.39 is 27.6 Å². The molecule has 0 saturated heterocycles. The van der Waals surface area contributed by atoms with Crippen LogP contribution in [0.5, 0.6) is 0 Å². The van der Waals surface area contributed by atoms with Crippen LogP contribution in [0.1, 0.15) is 5.56 Å². The number of nitrogens with zero attached hydrogens (tertiary/aromatic N) is 3. The number of anilines is 1. The van der Waals surface area contributed by atoms with Gasteiger partial charge in [-0.25, -0.2) is 17.5 Å². The van der Waals surface area contributed by atoms with Crippen molar-refractivity contribution < 1.29 is 26.0 Å². The summed E-state index contributed by atoms with van der Waals surface area (Å²) in [7, 11) is -4.40. The van der Waals surface area contributed by atoms with Crippen molar-refractivity contribution in [3.05, 3.63) is 78.5 Å². The van der Waals surface area contributed by atoms with Gasteiger partial charge in [0.05, 0.1) is 21.8 Å². The number of alkyl halides is 3. The summed E-state index contributed by atoms with van der Waals surface area (Å²) in [6, 6.07) is 8.91. The summed E-state index contributed by atoms with van der Waals surface area (Å²) in [6.07, 6.45) is -0.528. The molecule has 0 bridgehead atoms. The van der Waals surface area contributed by atoms with Crippen molar-refractivity contribution in [1.82, 2.24) is 14.8 Å². The van der Waals surface area contributed by atoms with Gasteiger partial charge >= 0.3 is 6.18 Å². The summed E-state index contributed by atoms with van der Waals surface area (Å²) < 4.78 is 83.1. The zero-order valence-corrected chi connectivity index (χ0v) is 15.7. The molecule has 2 heterocycles. The van der Waals surface area contributed by atoms with Gasteiger partial charge in [-0.1, -0.05) is 0 Å². The van der Waals surface area contributed by atoms with Crippen molar-refractivity contribution >= 4 is 26.6 Å². The first-order valence-corrected chi connectivity index (χ1v) is 9.92. The van der Waals surface area contributed by atoms with Crippen LogP contribution >= 0.6 is 0 Å². The Kier molecular flexibility index (Phi) is 4.69. The summed E-state index contributed by atoms with van der Waals surface area (Å²) in [5.74, 6) is -0.721. The molecule has 0 radical (unpaired) electrons. The predicted octanol–water partition coefficient (Wildman–Crippen LogP) is 4.38. The maximum atomic E-state index is 14.0. The Morgan fingerprint density at radius 3 is 2.50 bits per heavy atom.